The number of rotatable bonds is 3. The van der Waals surface area contributed by atoms with Crippen molar-refractivity contribution in [1.82, 2.24) is 10.7 Å². The minimum absolute atomic E-state index is 0.0522. The summed E-state index contributed by atoms with van der Waals surface area (Å²) in [5.74, 6) is 1.55. The number of phenols is 1. The molecule has 7 heteroatoms. The molecule has 0 aliphatic heterocycles. The zero-order chi connectivity index (χ0) is 15.7. The molecule has 0 spiro atoms. The zero-order valence-corrected chi connectivity index (χ0v) is 14.2. The number of hydrogen-bond donors (Lipinski definition) is 3. The average Bonchev–Trinajstić information content (AvgIpc) is 3.06. The molecule has 3 N–H and O–H groups in total. The Morgan fingerprint density at radius 3 is 2.82 bits per heavy atom. The largest absolute Gasteiger partial charge is 0.506 e. The van der Waals surface area contributed by atoms with Crippen LogP contribution in [0.2, 0.25) is 10.0 Å². The van der Waals surface area contributed by atoms with Gasteiger partial charge < -0.3 is 10.4 Å². The van der Waals surface area contributed by atoms with Gasteiger partial charge in [-0.25, -0.2) is 0 Å². The lowest BCUT2D eigenvalue weighted by molar-refractivity contribution is 0.389. The van der Waals surface area contributed by atoms with Gasteiger partial charge in [0.25, 0.3) is 0 Å². The molecule has 2 fully saturated rings. The number of benzene rings is 1. The standard InChI is InChI=1S/C15H17Cl2N3OS/c16-11-5-10(14(21)12(17)6-11)7-18-20-15(22)19-13-4-8-1-2-9(13)3-8/h5-9,13,21H,1-4H2,(H2,19,20,22)/b18-7-/t8-,9+,13-/m0/s1. The van der Waals surface area contributed by atoms with E-state index in [1.54, 1.807) is 6.07 Å². The summed E-state index contributed by atoms with van der Waals surface area (Å²) in [7, 11) is 0. The first kappa shape index (κ1) is 15.8. The molecule has 3 atom stereocenters. The molecule has 1 aromatic rings. The van der Waals surface area contributed by atoms with Gasteiger partial charge in [0.05, 0.1) is 11.2 Å². The summed E-state index contributed by atoms with van der Waals surface area (Å²) >= 11 is 17.0. The van der Waals surface area contributed by atoms with Crippen molar-refractivity contribution >= 4 is 46.7 Å². The number of nitrogens with one attached hydrogen (secondary N) is 2. The third-order valence-electron chi connectivity index (χ3n) is 4.48. The Hall–Kier alpha value is -1.04. The molecule has 22 heavy (non-hydrogen) atoms. The van der Waals surface area contributed by atoms with Crippen LogP contribution in [0.5, 0.6) is 5.75 Å². The predicted molar refractivity (Wildman–Crippen MR) is 93.8 cm³/mol. The summed E-state index contributed by atoms with van der Waals surface area (Å²) < 4.78 is 0. The van der Waals surface area contributed by atoms with Gasteiger partial charge in [0.1, 0.15) is 5.75 Å². The summed E-state index contributed by atoms with van der Waals surface area (Å²) in [4.78, 5) is 0. The molecule has 2 bridgehead atoms. The van der Waals surface area contributed by atoms with E-state index in [2.05, 4.69) is 15.8 Å². The van der Waals surface area contributed by atoms with E-state index >= 15 is 0 Å². The molecule has 0 amide bonds. The second-order valence-corrected chi connectivity index (χ2v) is 7.20. The predicted octanol–water partition coefficient (Wildman–Crippen LogP) is 3.69. The van der Waals surface area contributed by atoms with Gasteiger partial charge >= 0.3 is 0 Å². The highest BCUT2D eigenvalue weighted by Crippen LogP contribution is 2.44. The molecule has 0 heterocycles. The molecule has 2 saturated carbocycles. The van der Waals surface area contributed by atoms with E-state index in [1.165, 1.54) is 38.0 Å². The minimum Gasteiger partial charge on any atom is -0.506 e. The number of hydrazone groups is 1. The average molecular weight is 358 g/mol. The second kappa shape index (κ2) is 6.60. The first-order valence-corrected chi connectivity index (χ1v) is 8.47. The molecule has 4 nitrogen and oxygen atoms in total. The molecule has 0 aromatic heterocycles. The van der Waals surface area contributed by atoms with Gasteiger partial charge in [-0.1, -0.05) is 29.6 Å². The Kier molecular flexibility index (Phi) is 4.76. The lowest BCUT2D eigenvalue weighted by Gasteiger charge is -2.23. The van der Waals surface area contributed by atoms with Crippen LogP contribution in [0, 0.1) is 11.8 Å². The van der Waals surface area contributed by atoms with Gasteiger partial charge in [-0.15, -0.1) is 0 Å². The van der Waals surface area contributed by atoms with E-state index in [9.17, 15) is 5.11 Å². The summed E-state index contributed by atoms with van der Waals surface area (Å²) in [6.45, 7) is 0. The lowest BCUT2D eigenvalue weighted by atomic mass is 9.96. The Labute approximate surface area is 144 Å². The van der Waals surface area contributed by atoms with Crippen molar-refractivity contribution in [3.05, 3.63) is 27.7 Å². The molecule has 3 rings (SSSR count). The van der Waals surface area contributed by atoms with Crippen molar-refractivity contribution in [3.8, 4) is 5.75 Å². The Balaban J connectivity index is 1.55. The van der Waals surface area contributed by atoms with Gasteiger partial charge in [0.2, 0.25) is 0 Å². The maximum absolute atomic E-state index is 9.83. The zero-order valence-electron chi connectivity index (χ0n) is 11.9. The van der Waals surface area contributed by atoms with Crippen molar-refractivity contribution < 1.29 is 5.11 Å². The van der Waals surface area contributed by atoms with E-state index < -0.39 is 0 Å². The molecular weight excluding hydrogens is 341 g/mol. The van der Waals surface area contributed by atoms with Crippen LogP contribution >= 0.6 is 35.4 Å². The number of thiocarbonyl (C=S) groups is 1. The minimum atomic E-state index is -0.0522. The van der Waals surface area contributed by atoms with Crippen LogP contribution in [0.4, 0.5) is 0 Å². The van der Waals surface area contributed by atoms with Crippen LogP contribution in [0.15, 0.2) is 17.2 Å². The summed E-state index contributed by atoms with van der Waals surface area (Å²) in [5.41, 5.74) is 3.21. The fourth-order valence-electron chi connectivity index (χ4n) is 3.47. The second-order valence-electron chi connectivity index (χ2n) is 5.95. The van der Waals surface area contributed by atoms with Gasteiger partial charge in [-0.05, 0) is 55.4 Å². The van der Waals surface area contributed by atoms with Crippen LogP contribution in [-0.2, 0) is 0 Å². The number of aromatic hydroxyl groups is 1. The highest BCUT2D eigenvalue weighted by molar-refractivity contribution is 7.80. The van der Waals surface area contributed by atoms with Crippen molar-refractivity contribution in [3.63, 3.8) is 0 Å². The highest BCUT2D eigenvalue weighted by atomic mass is 35.5. The van der Waals surface area contributed by atoms with E-state index in [-0.39, 0.29) is 10.8 Å². The topological polar surface area (TPSA) is 56.7 Å². The summed E-state index contributed by atoms with van der Waals surface area (Å²) in [6.07, 6.45) is 6.61. The summed E-state index contributed by atoms with van der Waals surface area (Å²) in [5, 5.41) is 18.3. The van der Waals surface area contributed by atoms with Crippen LogP contribution in [0.3, 0.4) is 0 Å². The maximum atomic E-state index is 9.83. The van der Waals surface area contributed by atoms with Gasteiger partial charge in [0, 0.05) is 16.6 Å². The Morgan fingerprint density at radius 2 is 2.14 bits per heavy atom. The van der Waals surface area contributed by atoms with Crippen molar-refractivity contribution in [2.45, 2.75) is 31.7 Å². The number of hydrogen-bond acceptors (Lipinski definition) is 3. The van der Waals surface area contributed by atoms with Crippen LogP contribution in [-0.4, -0.2) is 22.5 Å². The third kappa shape index (κ3) is 3.47. The van der Waals surface area contributed by atoms with Crippen molar-refractivity contribution in [1.29, 1.82) is 0 Å². The lowest BCUT2D eigenvalue weighted by Crippen LogP contribution is -2.42. The van der Waals surface area contributed by atoms with Gasteiger partial charge in [-0.2, -0.15) is 5.10 Å². The monoisotopic (exact) mass is 357 g/mol. The first-order valence-electron chi connectivity index (χ1n) is 7.30. The third-order valence-corrected chi connectivity index (χ3v) is 5.20. The maximum Gasteiger partial charge on any atom is 0.187 e. The molecular formula is C15H17Cl2N3OS. The fourth-order valence-corrected chi connectivity index (χ4v) is 4.18. The summed E-state index contributed by atoms with van der Waals surface area (Å²) in [6, 6.07) is 3.52. The van der Waals surface area contributed by atoms with E-state index in [4.69, 9.17) is 35.4 Å². The van der Waals surface area contributed by atoms with Crippen molar-refractivity contribution in [2.24, 2.45) is 16.9 Å². The molecule has 1 aromatic carbocycles. The fraction of sp³-hybridized carbons (Fsp3) is 0.467. The normalized spacial score (nSPS) is 26.5. The van der Waals surface area contributed by atoms with Crippen LogP contribution < -0.4 is 10.7 Å². The van der Waals surface area contributed by atoms with E-state index in [0.717, 1.165) is 11.8 Å². The molecule has 0 unspecified atom stereocenters. The van der Waals surface area contributed by atoms with E-state index in [0.29, 0.717) is 21.7 Å². The smallest absolute Gasteiger partial charge is 0.187 e. The number of fused-ring (bicyclic) bond motifs is 2. The quantitative estimate of drug-likeness (QED) is 0.438. The van der Waals surface area contributed by atoms with Crippen molar-refractivity contribution in [2.75, 3.05) is 0 Å². The Morgan fingerprint density at radius 1 is 1.32 bits per heavy atom. The molecule has 2 aliphatic rings. The van der Waals surface area contributed by atoms with Gasteiger partial charge in [-0.3, -0.25) is 5.43 Å². The van der Waals surface area contributed by atoms with Crippen LogP contribution in [0.25, 0.3) is 0 Å². The number of phenolic OH excluding ortho intramolecular Hbond substituents is 1. The molecule has 0 saturated heterocycles. The van der Waals surface area contributed by atoms with Crippen LogP contribution in [0.1, 0.15) is 31.2 Å². The molecule has 0 radical (unpaired) electrons. The molecule has 2 aliphatic carbocycles. The SMILES string of the molecule is Oc1c(Cl)cc(Cl)cc1/C=N\NC(=S)N[C@H]1C[C@H]2CC[C@@H]1C2. The Bertz CT molecular complexity index is 623. The first-order chi connectivity index (χ1) is 10.5. The number of halogens is 2. The molecule has 118 valence electrons. The number of nitrogens with zero attached hydrogens (tertiary/aromatic N) is 1. The van der Waals surface area contributed by atoms with Gasteiger partial charge in [0.15, 0.2) is 5.11 Å². The van der Waals surface area contributed by atoms with E-state index in [1.807, 2.05) is 0 Å². The highest BCUT2D eigenvalue weighted by Gasteiger charge is 2.39.